The monoisotopic (exact) mass is 285 g/mol. The summed E-state index contributed by atoms with van der Waals surface area (Å²) in [5.41, 5.74) is 8.25. The van der Waals surface area contributed by atoms with Crippen molar-refractivity contribution in [2.24, 2.45) is 5.73 Å². The molecule has 3 N–H and O–H groups in total. The zero-order valence-electron chi connectivity index (χ0n) is 12.2. The average Bonchev–Trinajstić information content (AvgIpc) is 2.42. The lowest BCUT2D eigenvalue weighted by Gasteiger charge is -2.14. The van der Waals surface area contributed by atoms with Crippen LogP contribution in [0.4, 0.5) is 0 Å². The van der Waals surface area contributed by atoms with Crippen molar-refractivity contribution in [1.82, 2.24) is 0 Å². The van der Waals surface area contributed by atoms with E-state index in [2.05, 4.69) is 0 Å². The number of aryl methyl sites for hydroxylation is 3. The minimum atomic E-state index is -0.297. The minimum absolute atomic E-state index is 0.206. The summed E-state index contributed by atoms with van der Waals surface area (Å²) in [4.78, 5) is 10.9. The van der Waals surface area contributed by atoms with E-state index < -0.39 is 0 Å². The fraction of sp³-hybridized carbons (Fsp3) is 0.235. The topological polar surface area (TPSA) is 72.6 Å². The second-order valence-electron chi connectivity index (χ2n) is 5.12. The maximum atomic E-state index is 10.9. The van der Waals surface area contributed by atoms with Gasteiger partial charge in [-0.1, -0.05) is 12.1 Å². The molecule has 4 heteroatoms. The molecular weight excluding hydrogens is 266 g/mol. The van der Waals surface area contributed by atoms with Crippen LogP contribution in [0.1, 0.15) is 23.1 Å². The second kappa shape index (κ2) is 6.31. The normalized spacial score (nSPS) is 10.4. The number of carbonyl (C=O) groups excluding carboxylic acids is 1. The summed E-state index contributed by atoms with van der Waals surface area (Å²) in [6, 6.07) is 10.6. The van der Waals surface area contributed by atoms with Crippen molar-refractivity contribution in [1.29, 1.82) is 0 Å². The Bertz CT molecular complexity index is 625. The molecule has 21 heavy (non-hydrogen) atoms. The average molecular weight is 285 g/mol. The predicted molar refractivity (Wildman–Crippen MR) is 81.6 cm³/mol. The van der Waals surface area contributed by atoms with Gasteiger partial charge in [-0.25, -0.2) is 0 Å². The number of hydrogen-bond donors (Lipinski definition) is 2. The molecule has 0 aliphatic carbocycles. The molecule has 0 aliphatic heterocycles. The highest BCUT2D eigenvalue weighted by Gasteiger charge is 2.08. The standard InChI is InChI=1S/C17H19NO3/c1-11-9-13(3-8-16(18)20)10-12(2)17(11)21-15-6-4-14(19)5-7-15/h4-7,9-10,19H,3,8H2,1-2H3,(H2,18,20). The Hall–Kier alpha value is -2.49. The minimum Gasteiger partial charge on any atom is -0.508 e. The van der Waals surface area contributed by atoms with Crippen LogP contribution in [0.15, 0.2) is 36.4 Å². The Morgan fingerprint density at radius 1 is 1.14 bits per heavy atom. The molecule has 1 amide bonds. The molecule has 2 rings (SSSR count). The molecule has 2 aromatic carbocycles. The number of rotatable bonds is 5. The van der Waals surface area contributed by atoms with Crippen LogP contribution in [0.5, 0.6) is 17.2 Å². The van der Waals surface area contributed by atoms with Crippen molar-refractivity contribution in [3.05, 3.63) is 53.1 Å². The van der Waals surface area contributed by atoms with Crippen LogP contribution in [0, 0.1) is 13.8 Å². The molecule has 0 aromatic heterocycles. The lowest BCUT2D eigenvalue weighted by molar-refractivity contribution is -0.117. The molecule has 110 valence electrons. The molecule has 0 bridgehead atoms. The van der Waals surface area contributed by atoms with Crippen molar-refractivity contribution in [3.63, 3.8) is 0 Å². The van der Waals surface area contributed by atoms with E-state index in [-0.39, 0.29) is 11.7 Å². The van der Waals surface area contributed by atoms with Crippen LogP contribution >= 0.6 is 0 Å². The Balaban J connectivity index is 2.20. The van der Waals surface area contributed by atoms with Gasteiger partial charge in [0.25, 0.3) is 0 Å². The number of aromatic hydroxyl groups is 1. The van der Waals surface area contributed by atoms with E-state index in [1.54, 1.807) is 24.3 Å². The molecule has 0 unspecified atom stereocenters. The molecule has 0 atom stereocenters. The molecule has 0 saturated carbocycles. The van der Waals surface area contributed by atoms with E-state index in [4.69, 9.17) is 10.5 Å². The van der Waals surface area contributed by atoms with Crippen molar-refractivity contribution < 1.29 is 14.6 Å². The number of primary amides is 1. The summed E-state index contributed by atoms with van der Waals surface area (Å²) in [7, 11) is 0. The summed E-state index contributed by atoms with van der Waals surface area (Å²) >= 11 is 0. The van der Waals surface area contributed by atoms with Gasteiger partial charge in [0.05, 0.1) is 0 Å². The van der Waals surface area contributed by atoms with Gasteiger partial charge < -0.3 is 15.6 Å². The van der Waals surface area contributed by atoms with Crippen LogP contribution in [0.3, 0.4) is 0 Å². The first-order valence-corrected chi connectivity index (χ1v) is 6.81. The van der Waals surface area contributed by atoms with Gasteiger partial charge in [-0.3, -0.25) is 4.79 Å². The van der Waals surface area contributed by atoms with E-state index in [0.717, 1.165) is 22.4 Å². The highest BCUT2D eigenvalue weighted by Crippen LogP contribution is 2.30. The molecule has 0 radical (unpaired) electrons. The Morgan fingerprint density at radius 3 is 2.24 bits per heavy atom. The number of amides is 1. The largest absolute Gasteiger partial charge is 0.508 e. The van der Waals surface area contributed by atoms with Crippen LogP contribution in [0.25, 0.3) is 0 Å². The first-order chi connectivity index (χ1) is 9.95. The SMILES string of the molecule is Cc1cc(CCC(N)=O)cc(C)c1Oc1ccc(O)cc1. The van der Waals surface area contributed by atoms with Gasteiger partial charge in [0, 0.05) is 6.42 Å². The molecule has 0 spiro atoms. The van der Waals surface area contributed by atoms with Gasteiger partial charge in [-0.2, -0.15) is 0 Å². The maximum absolute atomic E-state index is 10.9. The Kier molecular flexibility index (Phi) is 4.48. The molecule has 4 nitrogen and oxygen atoms in total. The number of nitrogens with two attached hydrogens (primary N) is 1. The summed E-state index contributed by atoms with van der Waals surface area (Å²) in [5.74, 6) is 1.37. The van der Waals surface area contributed by atoms with E-state index in [9.17, 15) is 9.90 Å². The smallest absolute Gasteiger partial charge is 0.217 e. The van der Waals surface area contributed by atoms with Crippen LogP contribution in [-0.4, -0.2) is 11.0 Å². The fourth-order valence-electron chi connectivity index (χ4n) is 2.24. The summed E-state index contributed by atoms with van der Waals surface area (Å²) in [6.07, 6.45) is 0.980. The van der Waals surface area contributed by atoms with Crippen LogP contribution in [-0.2, 0) is 11.2 Å². The van der Waals surface area contributed by atoms with Crippen molar-refractivity contribution in [2.75, 3.05) is 0 Å². The van der Waals surface area contributed by atoms with E-state index in [0.29, 0.717) is 18.6 Å². The third-order valence-corrected chi connectivity index (χ3v) is 3.24. The van der Waals surface area contributed by atoms with Crippen molar-refractivity contribution in [3.8, 4) is 17.2 Å². The fourth-order valence-corrected chi connectivity index (χ4v) is 2.24. The van der Waals surface area contributed by atoms with Gasteiger partial charge in [-0.05, 0) is 61.2 Å². The lowest BCUT2D eigenvalue weighted by Crippen LogP contribution is -2.11. The Morgan fingerprint density at radius 2 is 1.71 bits per heavy atom. The lowest BCUT2D eigenvalue weighted by atomic mass is 10.0. The summed E-state index contributed by atoms with van der Waals surface area (Å²) in [6.45, 7) is 3.94. The van der Waals surface area contributed by atoms with Gasteiger partial charge in [0.1, 0.15) is 17.2 Å². The zero-order valence-corrected chi connectivity index (χ0v) is 12.2. The molecule has 2 aromatic rings. The highest BCUT2D eigenvalue weighted by molar-refractivity contribution is 5.74. The summed E-state index contributed by atoms with van der Waals surface area (Å²) < 4.78 is 5.87. The molecule has 0 fully saturated rings. The number of hydrogen-bond acceptors (Lipinski definition) is 3. The van der Waals surface area contributed by atoms with Crippen LogP contribution in [0.2, 0.25) is 0 Å². The van der Waals surface area contributed by atoms with Gasteiger partial charge >= 0.3 is 0 Å². The first kappa shape index (κ1) is 14.9. The third-order valence-electron chi connectivity index (χ3n) is 3.24. The molecule has 0 heterocycles. The quantitative estimate of drug-likeness (QED) is 0.886. The third kappa shape index (κ3) is 3.99. The predicted octanol–water partition coefficient (Wildman–Crippen LogP) is 3.22. The van der Waals surface area contributed by atoms with Gasteiger partial charge in [0.15, 0.2) is 0 Å². The van der Waals surface area contributed by atoms with E-state index >= 15 is 0 Å². The first-order valence-electron chi connectivity index (χ1n) is 6.81. The van der Waals surface area contributed by atoms with Crippen molar-refractivity contribution >= 4 is 5.91 Å². The second-order valence-corrected chi connectivity index (χ2v) is 5.12. The molecule has 0 saturated heterocycles. The number of ether oxygens (including phenoxy) is 1. The van der Waals surface area contributed by atoms with Crippen molar-refractivity contribution in [2.45, 2.75) is 26.7 Å². The molecule has 0 aliphatic rings. The van der Waals surface area contributed by atoms with Gasteiger partial charge in [-0.15, -0.1) is 0 Å². The van der Waals surface area contributed by atoms with E-state index in [1.807, 2.05) is 26.0 Å². The zero-order chi connectivity index (χ0) is 15.4. The highest BCUT2D eigenvalue weighted by atomic mass is 16.5. The maximum Gasteiger partial charge on any atom is 0.217 e. The molecular formula is C17H19NO3. The van der Waals surface area contributed by atoms with E-state index in [1.165, 1.54) is 0 Å². The summed E-state index contributed by atoms with van der Waals surface area (Å²) in [5, 5.41) is 9.28. The number of phenols is 1. The van der Waals surface area contributed by atoms with Gasteiger partial charge in [0.2, 0.25) is 5.91 Å². The number of benzene rings is 2. The number of carbonyl (C=O) groups is 1. The Labute approximate surface area is 124 Å². The van der Waals surface area contributed by atoms with Crippen LogP contribution < -0.4 is 10.5 Å². The number of phenolic OH excluding ortho intramolecular Hbond substituents is 1.